The lowest BCUT2D eigenvalue weighted by atomic mass is 9.79. The monoisotopic (exact) mass is 385 g/mol. The van der Waals surface area contributed by atoms with Crippen molar-refractivity contribution in [3.05, 3.63) is 41.0 Å². The number of carbonyl (C=O) groups excluding carboxylic acids is 2. The Morgan fingerprint density at radius 1 is 1.22 bits per heavy atom. The number of ketones is 1. The van der Waals surface area contributed by atoms with Gasteiger partial charge in [-0.2, -0.15) is 0 Å². The van der Waals surface area contributed by atoms with E-state index >= 15 is 0 Å². The third kappa shape index (κ3) is 3.75. The second-order valence-electron chi connectivity index (χ2n) is 7.28. The van der Waals surface area contributed by atoms with E-state index in [9.17, 15) is 9.59 Å². The highest BCUT2D eigenvalue weighted by atomic mass is 32.1. The summed E-state index contributed by atoms with van der Waals surface area (Å²) in [4.78, 5) is 30.5. The van der Waals surface area contributed by atoms with Gasteiger partial charge >= 0.3 is 0 Å². The Morgan fingerprint density at radius 2 is 1.93 bits per heavy atom. The number of rotatable bonds is 5. The van der Waals surface area contributed by atoms with Crippen molar-refractivity contribution >= 4 is 23.0 Å². The Hall–Kier alpha value is -2.25. The van der Waals surface area contributed by atoms with E-state index in [1.165, 1.54) is 37.3 Å². The standard InChI is InChI=1S/C20H23N3O3S/c1-12-18(14-7-9-23(12)10-8-14)22-19(25)15-3-5-16(6-4-15)26-17-11-21-20(27-17)13(2)24/h3-6,11-12,14,18H,7-10H2,1-2H3,(H,22,25). The van der Waals surface area contributed by atoms with Gasteiger partial charge in [-0.3, -0.25) is 14.5 Å². The van der Waals surface area contributed by atoms with Gasteiger partial charge in [0.05, 0.1) is 6.20 Å². The van der Waals surface area contributed by atoms with Gasteiger partial charge in [0, 0.05) is 24.6 Å². The third-order valence-corrected chi connectivity index (χ3v) is 6.57. The molecule has 5 rings (SSSR count). The van der Waals surface area contributed by atoms with E-state index < -0.39 is 0 Å². The molecule has 142 valence electrons. The summed E-state index contributed by atoms with van der Waals surface area (Å²) in [6, 6.07) is 7.68. The van der Waals surface area contributed by atoms with Gasteiger partial charge in [0.15, 0.2) is 10.8 Å². The minimum atomic E-state index is -0.0798. The molecule has 6 nitrogen and oxygen atoms in total. The molecule has 3 aliphatic heterocycles. The quantitative estimate of drug-likeness (QED) is 0.799. The van der Waals surface area contributed by atoms with Crippen molar-refractivity contribution in [1.82, 2.24) is 15.2 Å². The van der Waals surface area contributed by atoms with E-state index in [-0.39, 0.29) is 17.7 Å². The summed E-state index contributed by atoms with van der Waals surface area (Å²) in [5.41, 5.74) is 0.625. The van der Waals surface area contributed by atoms with Crippen LogP contribution < -0.4 is 10.1 Å². The first-order chi connectivity index (χ1) is 13.0. The molecule has 0 spiro atoms. The Kier molecular flexibility index (Phi) is 4.97. The number of thiazole rings is 1. The highest BCUT2D eigenvalue weighted by Crippen LogP contribution is 2.32. The first kappa shape index (κ1) is 18.1. The van der Waals surface area contributed by atoms with Crippen LogP contribution in [-0.4, -0.2) is 46.7 Å². The smallest absolute Gasteiger partial charge is 0.251 e. The van der Waals surface area contributed by atoms with E-state index in [1.54, 1.807) is 24.3 Å². The van der Waals surface area contributed by atoms with Crippen LogP contribution in [0.1, 0.15) is 46.8 Å². The second-order valence-corrected chi connectivity index (χ2v) is 8.27. The number of hydrogen-bond acceptors (Lipinski definition) is 6. The molecule has 0 aliphatic carbocycles. The number of amides is 1. The van der Waals surface area contributed by atoms with Crippen molar-refractivity contribution in [3.63, 3.8) is 0 Å². The third-order valence-electron chi connectivity index (χ3n) is 5.60. The van der Waals surface area contributed by atoms with Gasteiger partial charge in [0.1, 0.15) is 5.75 Å². The molecule has 3 aliphatic rings. The average molecular weight is 385 g/mol. The second kappa shape index (κ2) is 7.40. The maximum Gasteiger partial charge on any atom is 0.251 e. The maximum atomic E-state index is 12.7. The molecule has 2 unspecified atom stereocenters. The fraction of sp³-hybridized carbons (Fsp3) is 0.450. The molecule has 1 aromatic carbocycles. The zero-order valence-corrected chi connectivity index (χ0v) is 16.3. The highest BCUT2D eigenvalue weighted by molar-refractivity contribution is 7.15. The lowest BCUT2D eigenvalue weighted by Crippen LogP contribution is -2.62. The summed E-state index contributed by atoms with van der Waals surface area (Å²) in [5, 5.41) is 4.21. The van der Waals surface area contributed by atoms with Gasteiger partial charge < -0.3 is 10.1 Å². The van der Waals surface area contributed by atoms with Crippen LogP contribution in [0.15, 0.2) is 30.5 Å². The summed E-state index contributed by atoms with van der Waals surface area (Å²) in [6.45, 7) is 5.98. The fourth-order valence-corrected chi connectivity index (χ4v) is 4.72. The van der Waals surface area contributed by atoms with Crippen LogP contribution in [0.5, 0.6) is 10.8 Å². The van der Waals surface area contributed by atoms with Gasteiger partial charge in [-0.25, -0.2) is 4.98 Å². The molecular formula is C20H23N3O3S. The highest BCUT2D eigenvalue weighted by Gasteiger charge is 2.40. The Balaban J connectivity index is 1.39. The Morgan fingerprint density at radius 3 is 2.52 bits per heavy atom. The van der Waals surface area contributed by atoms with Crippen LogP contribution in [0.3, 0.4) is 0 Å². The molecule has 2 bridgehead atoms. The molecule has 7 heteroatoms. The average Bonchev–Trinajstić information content (AvgIpc) is 3.14. The van der Waals surface area contributed by atoms with Gasteiger partial charge in [0.25, 0.3) is 5.91 Å². The molecule has 27 heavy (non-hydrogen) atoms. The van der Waals surface area contributed by atoms with Gasteiger partial charge in [-0.1, -0.05) is 11.3 Å². The SMILES string of the molecule is CC(=O)c1ncc(Oc2ccc(C(=O)NC3C4CCN(CC4)C3C)cc2)s1. The van der Waals surface area contributed by atoms with Crippen LogP contribution in [0.25, 0.3) is 0 Å². The van der Waals surface area contributed by atoms with Gasteiger partial charge in [-0.15, -0.1) is 0 Å². The van der Waals surface area contributed by atoms with Gasteiger partial charge in [0.2, 0.25) is 5.06 Å². The number of benzene rings is 1. The molecule has 2 aromatic rings. The van der Waals surface area contributed by atoms with E-state index in [0.717, 1.165) is 13.1 Å². The van der Waals surface area contributed by atoms with Crippen molar-refractivity contribution in [2.24, 2.45) is 5.92 Å². The molecule has 1 N–H and O–H groups in total. The van der Waals surface area contributed by atoms with Crippen molar-refractivity contribution < 1.29 is 14.3 Å². The lowest BCUT2D eigenvalue weighted by molar-refractivity contribution is 0.0217. The number of aromatic nitrogens is 1. The minimum Gasteiger partial charge on any atom is -0.445 e. The molecule has 0 saturated carbocycles. The van der Waals surface area contributed by atoms with Crippen molar-refractivity contribution in [1.29, 1.82) is 0 Å². The number of fused-ring (bicyclic) bond motifs is 3. The predicted molar refractivity (Wildman–Crippen MR) is 104 cm³/mol. The van der Waals surface area contributed by atoms with E-state index in [1.807, 2.05) is 0 Å². The zero-order chi connectivity index (χ0) is 19.0. The van der Waals surface area contributed by atoms with Crippen LogP contribution in [0.2, 0.25) is 0 Å². The van der Waals surface area contributed by atoms with E-state index in [2.05, 4.69) is 22.1 Å². The molecule has 2 atom stereocenters. The summed E-state index contributed by atoms with van der Waals surface area (Å²) >= 11 is 1.21. The number of piperidine rings is 3. The molecule has 1 aromatic heterocycles. The van der Waals surface area contributed by atoms with Crippen LogP contribution in [0, 0.1) is 5.92 Å². The topological polar surface area (TPSA) is 71.5 Å². The molecule has 0 radical (unpaired) electrons. The zero-order valence-electron chi connectivity index (χ0n) is 15.5. The van der Waals surface area contributed by atoms with E-state index in [4.69, 9.17) is 4.74 Å². The maximum absolute atomic E-state index is 12.7. The van der Waals surface area contributed by atoms with E-state index in [0.29, 0.717) is 33.3 Å². The Bertz CT molecular complexity index is 838. The van der Waals surface area contributed by atoms with Gasteiger partial charge in [-0.05, 0) is 63.0 Å². The summed E-state index contributed by atoms with van der Waals surface area (Å²) < 4.78 is 5.72. The summed E-state index contributed by atoms with van der Waals surface area (Å²) in [7, 11) is 0. The minimum absolute atomic E-state index is 0.0381. The van der Waals surface area contributed by atoms with Crippen LogP contribution in [0.4, 0.5) is 0 Å². The summed E-state index contributed by atoms with van der Waals surface area (Å²) in [5.74, 6) is 1.08. The largest absolute Gasteiger partial charge is 0.445 e. The number of hydrogen-bond donors (Lipinski definition) is 1. The number of Topliss-reactive ketones (excluding diaryl/α,β-unsaturated/α-hetero) is 1. The number of nitrogens with one attached hydrogen (secondary N) is 1. The van der Waals surface area contributed by atoms with Crippen LogP contribution in [-0.2, 0) is 0 Å². The molecule has 3 fully saturated rings. The van der Waals surface area contributed by atoms with Crippen molar-refractivity contribution in [3.8, 4) is 10.8 Å². The number of nitrogens with zero attached hydrogens (tertiary/aromatic N) is 2. The number of ether oxygens (including phenoxy) is 1. The van der Waals surface area contributed by atoms with Crippen LogP contribution >= 0.6 is 11.3 Å². The number of carbonyl (C=O) groups is 2. The normalized spacial score (nSPS) is 26.6. The fourth-order valence-electron chi connectivity index (χ4n) is 4.04. The lowest BCUT2D eigenvalue weighted by Gasteiger charge is -2.49. The van der Waals surface area contributed by atoms with Crippen molar-refractivity contribution in [2.75, 3.05) is 13.1 Å². The molecule has 1 amide bonds. The first-order valence-electron chi connectivity index (χ1n) is 9.31. The summed E-state index contributed by atoms with van der Waals surface area (Å²) in [6.07, 6.45) is 3.87. The van der Waals surface area contributed by atoms with Crippen molar-refractivity contribution in [2.45, 2.75) is 38.8 Å². The molecular weight excluding hydrogens is 362 g/mol. The molecule has 4 heterocycles. The molecule has 3 saturated heterocycles. The predicted octanol–water partition coefficient (Wildman–Crippen LogP) is 3.35. The Labute approximate surface area is 162 Å². The first-order valence-corrected chi connectivity index (χ1v) is 10.1.